The first-order chi connectivity index (χ1) is 12.0. The van der Waals surface area contributed by atoms with Gasteiger partial charge in [0, 0.05) is 22.4 Å². The van der Waals surface area contributed by atoms with Crippen molar-refractivity contribution in [3.05, 3.63) is 64.3 Å². The molecule has 0 N–H and O–H groups in total. The van der Waals surface area contributed by atoms with Gasteiger partial charge in [0.25, 0.3) is 0 Å². The topological polar surface area (TPSA) is 52.8 Å². The molecule has 5 nitrogen and oxygen atoms in total. The van der Waals surface area contributed by atoms with Gasteiger partial charge in [-0.15, -0.1) is 0 Å². The number of halogens is 1. The van der Waals surface area contributed by atoms with Gasteiger partial charge in [-0.05, 0) is 37.3 Å². The van der Waals surface area contributed by atoms with Gasteiger partial charge < -0.3 is 14.1 Å². The molecule has 0 fully saturated rings. The van der Waals surface area contributed by atoms with Crippen LogP contribution in [0.25, 0.3) is 10.9 Å². The highest BCUT2D eigenvalue weighted by atomic mass is 79.9. The van der Waals surface area contributed by atoms with Gasteiger partial charge in [-0.3, -0.25) is 0 Å². The number of nitrogens with zero attached hydrogens (tertiary/aromatic N) is 2. The molecule has 0 aliphatic heterocycles. The molecule has 1 aromatic heterocycles. The average molecular weight is 401 g/mol. The summed E-state index contributed by atoms with van der Waals surface area (Å²) in [5, 5.41) is 5.11. The molecule has 0 saturated heterocycles. The second-order valence-electron chi connectivity index (χ2n) is 5.55. The van der Waals surface area contributed by atoms with E-state index < -0.39 is 5.97 Å². The zero-order valence-corrected chi connectivity index (χ0v) is 15.7. The lowest BCUT2D eigenvalue weighted by Crippen LogP contribution is -2.08. The molecule has 25 heavy (non-hydrogen) atoms. The minimum atomic E-state index is -0.573. The maximum absolute atomic E-state index is 12.3. The molecule has 3 rings (SSSR count). The summed E-state index contributed by atoms with van der Waals surface area (Å²) in [7, 11) is 3.46. The smallest absolute Gasteiger partial charge is 0.369 e. The largest absolute Gasteiger partial charge is 0.496 e. The molecule has 0 saturated carbocycles. The van der Waals surface area contributed by atoms with Crippen LogP contribution in [0.1, 0.15) is 23.0 Å². The second-order valence-corrected chi connectivity index (χ2v) is 6.46. The molecule has 0 aliphatic rings. The van der Waals surface area contributed by atoms with Crippen LogP contribution in [-0.2, 0) is 11.9 Å². The van der Waals surface area contributed by atoms with Crippen LogP contribution in [0.3, 0.4) is 0 Å². The quantitative estimate of drug-likeness (QED) is 0.367. The Morgan fingerprint density at radius 1 is 1.16 bits per heavy atom. The van der Waals surface area contributed by atoms with E-state index in [-0.39, 0.29) is 0 Å². The fourth-order valence-corrected chi connectivity index (χ4v) is 3.04. The number of oxime groups is 1. The normalized spacial score (nSPS) is 11.6. The van der Waals surface area contributed by atoms with Crippen LogP contribution in [0.5, 0.6) is 5.75 Å². The molecule has 0 aliphatic carbocycles. The lowest BCUT2D eigenvalue weighted by atomic mass is 10.2. The summed E-state index contributed by atoms with van der Waals surface area (Å²) < 4.78 is 7.97. The lowest BCUT2D eigenvalue weighted by Gasteiger charge is -2.07. The number of methoxy groups -OCH3 is 1. The average Bonchev–Trinajstić information content (AvgIpc) is 2.96. The van der Waals surface area contributed by atoms with E-state index in [0.717, 1.165) is 21.1 Å². The van der Waals surface area contributed by atoms with Crippen molar-refractivity contribution in [1.82, 2.24) is 4.57 Å². The Morgan fingerprint density at radius 3 is 2.64 bits per heavy atom. The molecule has 0 atom stereocenters. The van der Waals surface area contributed by atoms with Crippen LogP contribution in [0.2, 0.25) is 0 Å². The van der Waals surface area contributed by atoms with Gasteiger partial charge in [-0.1, -0.05) is 39.3 Å². The monoisotopic (exact) mass is 400 g/mol. The third kappa shape index (κ3) is 3.44. The van der Waals surface area contributed by atoms with Gasteiger partial charge in [0.05, 0.1) is 12.8 Å². The highest BCUT2D eigenvalue weighted by Crippen LogP contribution is 2.24. The second kappa shape index (κ2) is 7.11. The van der Waals surface area contributed by atoms with Crippen molar-refractivity contribution in [2.45, 2.75) is 6.92 Å². The van der Waals surface area contributed by atoms with Gasteiger partial charge in [0.1, 0.15) is 17.0 Å². The molecule has 0 radical (unpaired) electrons. The number of aromatic nitrogens is 1. The van der Waals surface area contributed by atoms with Crippen LogP contribution < -0.4 is 4.74 Å². The first kappa shape index (κ1) is 17.2. The maximum Gasteiger partial charge on any atom is 0.369 e. The van der Waals surface area contributed by atoms with Crippen molar-refractivity contribution in [2.24, 2.45) is 12.2 Å². The fraction of sp³-hybridized carbons (Fsp3) is 0.158. The summed E-state index contributed by atoms with van der Waals surface area (Å²) in [4.78, 5) is 17.5. The molecule has 6 heteroatoms. The number of aryl methyl sites for hydroxylation is 1. The predicted octanol–water partition coefficient (Wildman–Crippen LogP) is 4.53. The number of carbonyl (C=O) groups excluding carboxylic acids is 1. The molecular weight excluding hydrogens is 384 g/mol. The van der Waals surface area contributed by atoms with E-state index in [1.54, 1.807) is 25.1 Å². The molecule has 0 bridgehead atoms. The van der Waals surface area contributed by atoms with Crippen LogP contribution >= 0.6 is 15.9 Å². The van der Waals surface area contributed by atoms with Gasteiger partial charge in [0.2, 0.25) is 0 Å². The van der Waals surface area contributed by atoms with Crippen LogP contribution in [0, 0.1) is 0 Å². The minimum absolute atomic E-state index is 0.311. The Kier molecular flexibility index (Phi) is 4.90. The first-order valence-corrected chi connectivity index (χ1v) is 8.45. The minimum Gasteiger partial charge on any atom is -0.496 e. The molecule has 0 amide bonds. The number of fused-ring (bicyclic) bond motifs is 1. The molecule has 0 unspecified atom stereocenters. The Hall–Kier alpha value is -2.60. The fourth-order valence-electron chi connectivity index (χ4n) is 2.68. The summed E-state index contributed by atoms with van der Waals surface area (Å²) in [6, 6.07) is 15.2. The summed E-state index contributed by atoms with van der Waals surface area (Å²) in [6.45, 7) is 1.81. The first-order valence-electron chi connectivity index (χ1n) is 7.65. The number of para-hydroxylation sites is 1. The summed E-state index contributed by atoms with van der Waals surface area (Å²) >= 11 is 3.34. The standard InChI is InChI=1S/C19H17BrN2O3/c1-12(17-10-13-6-4-5-7-16(13)22(17)2)21-25-19(23)15-11-14(20)8-9-18(15)24-3/h4-11H,1-3H3/b21-12+. The Morgan fingerprint density at radius 2 is 1.92 bits per heavy atom. The number of hydrogen-bond donors (Lipinski definition) is 0. The van der Waals surface area contributed by atoms with Gasteiger partial charge in [-0.25, -0.2) is 4.79 Å². The van der Waals surface area contributed by atoms with E-state index in [1.807, 2.05) is 41.9 Å². The van der Waals surface area contributed by atoms with E-state index >= 15 is 0 Å². The highest BCUT2D eigenvalue weighted by Gasteiger charge is 2.15. The van der Waals surface area contributed by atoms with Gasteiger partial charge >= 0.3 is 5.97 Å². The van der Waals surface area contributed by atoms with E-state index in [2.05, 4.69) is 21.1 Å². The number of hydrogen-bond acceptors (Lipinski definition) is 4. The van der Waals surface area contributed by atoms with E-state index in [1.165, 1.54) is 7.11 Å². The van der Waals surface area contributed by atoms with Crippen LogP contribution in [0.15, 0.2) is 58.2 Å². The molecular formula is C19H17BrN2O3. The Bertz CT molecular complexity index is 976. The van der Waals surface area contributed by atoms with Crippen molar-refractivity contribution in [3.8, 4) is 5.75 Å². The van der Waals surface area contributed by atoms with Crippen molar-refractivity contribution in [2.75, 3.05) is 7.11 Å². The Labute approximate surface area is 154 Å². The number of ether oxygens (including phenoxy) is 1. The highest BCUT2D eigenvalue weighted by molar-refractivity contribution is 9.10. The third-order valence-corrected chi connectivity index (χ3v) is 4.46. The SMILES string of the molecule is COc1ccc(Br)cc1C(=O)O/N=C(\C)c1cc2ccccc2n1C. The molecule has 0 spiro atoms. The third-order valence-electron chi connectivity index (χ3n) is 3.97. The van der Waals surface area contributed by atoms with Crippen LogP contribution in [0.4, 0.5) is 0 Å². The number of carbonyl (C=O) groups is 1. The van der Waals surface area contributed by atoms with Crippen molar-refractivity contribution >= 4 is 38.5 Å². The van der Waals surface area contributed by atoms with Crippen molar-refractivity contribution in [1.29, 1.82) is 0 Å². The van der Waals surface area contributed by atoms with Crippen LogP contribution in [-0.4, -0.2) is 23.4 Å². The zero-order chi connectivity index (χ0) is 18.0. The molecule has 1 heterocycles. The summed E-state index contributed by atoms with van der Waals surface area (Å²) in [6.07, 6.45) is 0. The Balaban J connectivity index is 1.87. The van der Waals surface area contributed by atoms with E-state index in [9.17, 15) is 4.79 Å². The molecule has 128 valence electrons. The lowest BCUT2D eigenvalue weighted by molar-refractivity contribution is 0.0512. The van der Waals surface area contributed by atoms with E-state index in [0.29, 0.717) is 17.0 Å². The van der Waals surface area contributed by atoms with E-state index in [4.69, 9.17) is 9.57 Å². The summed E-state index contributed by atoms with van der Waals surface area (Å²) in [5.74, 6) is -0.137. The zero-order valence-electron chi connectivity index (χ0n) is 14.1. The van der Waals surface area contributed by atoms with Crippen molar-refractivity contribution < 1.29 is 14.4 Å². The predicted molar refractivity (Wildman–Crippen MR) is 101 cm³/mol. The molecule has 3 aromatic rings. The maximum atomic E-state index is 12.3. The van der Waals surface area contributed by atoms with Gasteiger partial charge in [-0.2, -0.15) is 0 Å². The van der Waals surface area contributed by atoms with Gasteiger partial charge in [0.15, 0.2) is 0 Å². The number of rotatable bonds is 4. The summed E-state index contributed by atoms with van der Waals surface area (Å²) in [5.41, 5.74) is 2.90. The number of benzene rings is 2. The van der Waals surface area contributed by atoms with Crippen molar-refractivity contribution in [3.63, 3.8) is 0 Å². The molecule has 2 aromatic carbocycles.